The lowest BCUT2D eigenvalue weighted by Gasteiger charge is -2.05. The zero-order valence-corrected chi connectivity index (χ0v) is 11.8. The van der Waals surface area contributed by atoms with Gasteiger partial charge in [-0.15, -0.1) is 0 Å². The number of aromatic amines is 1. The number of nitrogens with zero attached hydrogens (tertiary/aromatic N) is 3. The Bertz CT molecular complexity index is 809. The van der Waals surface area contributed by atoms with Crippen LogP contribution in [0.2, 0.25) is 0 Å². The maximum atomic E-state index is 5.36. The van der Waals surface area contributed by atoms with Crippen LogP contribution in [0, 0.1) is 0 Å². The van der Waals surface area contributed by atoms with Gasteiger partial charge in [0.1, 0.15) is 0 Å². The number of H-pyrrole nitrogens is 1. The van der Waals surface area contributed by atoms with Crippen molar-refractivity contribution in [1.82, 2.24) is 20.6 Å². The molecule has 21 heavy (non-hydrogen) atoms. The smallest absolute Gasteiger partial charge is 0.184 e. The van der Waals surface area contributed by atoms with Crippen LogP contribution in [-0.4, -0.2) is 26.5 Å². The number of fused-ring (bicyclic) bond motifs is 1. The summed E-state index contributed by atoms with van der Waals surface area (Å²) in [7, 11) is 0. The van der Waals surface area contributed by atoms with E-state index in [0.717, 1.165) is 27.7 Å². The molecule has 0 saturated heterocycles. The maximum Gasteiger partial charge on any atom is 0.184 e. The molecule has 0 saturated carbocycles. The maximum absolute atomic E-state index is 5.36. The summed E-state index contributed by atoms with van der Waals surface area (Å²) in [6, 6.07) is 9.79. The van der Waals surface area contributed by atoms with Crippen molar-refractivity contribution in [2.75, 3.05) is 0 Å². The van der Waals surface area contributed by atoms with Crippen LogP contribution in [0.5, 0.6) is 0 Å². The molecule has 104 valence electrons. The van der Waals surface area contributed by atoms with E-state index in [1.54, 1.807) is 18.6 Å². The Morgan fingerprint density at radius 1 is 1.38 bits per heavy atom. The summed E-state index contributed by atoms with van der Waals surface area (Å²) in [5.74, 6) is 0. The van der Waals surface area contributed by atoms with E-state index in [1.807, 2.05) is 30.3 Å². The number of rotatable bonds is 3. The van der Waals surface area contributed by atoms with Crippen molar-refractivity contribution < 1.29 is 0 Å². The largest absolute Gasteiger partial charge is 0.375 e. The number of nitrogens with one attached hydrogen (secondary N) is 2. The Morgan fingerprint density at radius 2 is 2.24 bits per heavy atom. The van der Waals surface area contributed by atoms with Gasteiger partial charge in [0, 0.05) is 22.7 Å². The van der Waals surface area contributed by atoms with E-state index in [2.05, 4.69) is 25.7 Å². The topological polar surface area (TPSA) is 92.0 Å². The molecule has 3 aromatic rings. The molecule has 0 bridgehead atoms. The fraction of sp³-hybridized carbons (Fsp3) is 0. The number of hydrogen-bond donors (Lipinski definition) is 3. The minimum absolute atomic E-state index is 0.125. The first-order valence-electron chi connectivity index (χ1n) is 6.21. The Morgan fingerprint density at radius 3 is 3.00 bits per heavy atom. The van der Waals surface area contributed by atoms with Gasteiger partial charge >= 0.3 is 0 Å². The molecule has 2 aromatic heterocycles. The first-order valence-corrected chi connectivity index (χ1v) is 6.62. The minimum atomic E-state index is 0.125. The van der Waals surface area contributed by atoms with E-state index in [-0.39, 0.29) is 5.11 Å². The third kappa shape index (κ3) is 2.87. The second-order valence-corrected chi connectivity index (χ2v) is 4.77. The summed E-state index contributed by atoms with van der Waals surface area (Å²) >= 11 is 4.73. The number of nitrogens with two attached hydrogens (primary N) is 1. The lowest BCUT2D eigenvalue weighted by molar-refractivity contribution is 1.04. The summed E-state index contributed by atoms with van der Waals surface area (Å²) in [6.45, 7) is 0. The van der Waals surface area contributed by atoms with Gasteiger partial charge in [-0.05, 0) is 24.4 Å². The van der Waals surface area contributed by atoms with Gasteiger partial charge in [0.2, 0.25) is 0 Å². The molecule has 0 aliphatic carbocycles. The van der Waals surface area contributed by atoms with E-state index < -0.39 is 0 Å². The molecule has 0 aliphatic rings. The van der Waals surface area contributed by atoms with Gasteiger partial charge in [-0.25, -0.2) is 4.98 Å². The van der Waals surface area contributed by atoms with Gasteiger partial charge in [-0.2, -0.15) is 10.2 Å². The lowest BCUT2D eigenvalue weighted by atomic mass is 10.1. The van der Waals surface area contributed by atoms with Crippen molar-refractivity contribution in [3.8, 4) is 11.3 Å². The quantitative estimate of drug-likeness (QED) is 0.389. The molecule has 0 radical (unpaired) electrons. The molecule has 1 aromatic carbocycles. The molecule has 0 unspecified atom stereocenters. The Kier molecular flexibility index (Phi) is 3.57. The lowest BCUT2D eigenvalue weighted by Crippen LogP contribution is -2.24. The number of para-hydroxylation sites is 1. The average molecular weight is 296 g/mol. The molecular weight excluding hydrogens is 284 g/mol. The standard InChI is InChI=1S/C14H12N6S/c15-14(21)20-18-6-9-5-13(10-7-16-17-8-10)19-12-4-2-1-3-11(9)12/h1-8H,(H,16,17)(H3,15,20,21). The first-order chi connectivity index (χ1) is 10.2. The molecule has 4 N–H and O–H groups in total. The van der Waals surface area contributed by atoms with Gasteiger partial charge in [0.15, 0.2) is 5.11 Å². The molecule has 2 heterocycles. The van der Waals surface area contributed by atoms with Gasteiger partial charge in [0.25, 0.3) is 0 Å². The Labute approximate surface area is 126 Å². The molecule has 3 rings (SSSR count). The molecule has 6 nitrogen and oxygen atoms in total. The van der Waals surface area contributed by atoms with Crippen LogP contribution in [-0.2, 0) is 0 Å². The van der Waals surface area contributed by atoms with E-state index >= 15 is 0 Å². The number of hydrogen-bond acceptors (Lipinski definition) is 4. The van der Waals surface area contributed by atoms with Gasteiger partial charge in [-0.3, -0.25) is 10.5 Å². The van der Waals surface area contributed by atoms with Crippen molar-refractivity contribution in [3.63, 3.8) is 0 Å². The van der Waals surface area contributed by atoms with Crippen LogP contribution >= 0.6 is 12.2 Å². The van der Waals surface area contributed by atoms with Gasteiger partial charge < -0.3 is 5.73 Å². The van der Waals surface area contributed by atoms with Gasteiger partial charge in [0.05, 0.1) is 23.6 Å². The van der Waals surface area contributed by atoms with Crippen LogP contribution in [0.15, 0.2) is 47.8 Å². The minimum Gasteiger partial charge on any atom is -0.375 e. The van der Waals surface area contributed by atoms with E-state index in [9.17, 15) is 0 Å². The first kappa shape index (κ1) is 13.2. The van der Waals surface area contributed by atoms with E-state index in [4.69, 9.17) is 18.0 Å². The number of pyridine rings is 1. The van der Waals surface area contributed by atoms with Crippen molar-refractivity contribution >= 4 is 34.4 Å². The van der Waals surface area contributed by atoms with Crippen LogP contribution in [0.25, 0.3) is 22.2 Å². The molecule has 0 spiro atoms. The third-order valence-corrected chi connectivity index (χ3v) is 3.01. The summed E-state index contributed by atoms with van der Waals surface area (Å²) in [5.41, 5.74) is 11.4. The number of thiocarbonyl (C=S) groups is 1. The number of aromatic nitrogens is 3. The molecule has 0 aliphatic heterocycles. The highest BCUT2D eigenvalue weighted by atomic mass is 32.1. The predicted molar refractivity (Wildman–Crippen MR) is 86.8 cm³/mol. The second-order valence-electron chi connectivity index (χ2n) is 4.34. The zero-order valence-electron chi connectivity index (χ0n) is 10.9. The summed E-state index contributed by atoms with van der Waals surface area (Å²) in [6.07, 6.45) is 5.20. The van der Waals surface area contributed by atoms with Crippen LogP contribution in [0.1, 0.15) is 5.56 Å². The normalized spacial score (nSPS) is 11.0. The summed E-state index contributed by atoms with van der Waals surface area (Å²) in [4.78, 5) is 4.63. The monoisotopic (exact) mass is 296 g/mol. The molecular formula is C14H12N6S. The highest BCUT2D eigenvalue weighted by molar-refractivity contribution is 7.80. The highest BCUT2D eigenvalue weighted by Gasteiger charge is 2.06. The highest BCUT2D eigenvalue weighted by Crippen LogP contribution is 2.23. The van der Waals surface area contributed by atoms with Crippen molar-refractivity contribution in [1.29, 1.82) is 0 Å². The third-order valence-electron chi connectivity index (χ3n) is 2.92. The van der Waals surface area contributed by atoms with Crippen LogP contribution in [0.4, 0.5) is 0 Å². The number of benzene rings is 1. The molecule has 0 fully saturated rings. The Hall–Kier alpha value is -2.80. The van der Waals surface area contributed by atoms with Gasteiger partial charge in [-0.1, -0.05) is 18.2 Å². The van der Waals surface area contributed by atoms with Crippen LogP contribution in [0.3, 0.4) is 0 Å². The summed E-state index contributed by atoms with van der Waals surface area (Å²) < 4.78 is 0. The van der Waals surface area contributed by atoms with Crippen molar-refractivity contribution in [3.05, 3.63) is 48.3 Å². The van der Waals surface area contributed by atoms with Crippen LogP contribution < -0.4 is 11.2 Å². The van der Waals surface area contributed by atoms with Crippen molar-refractivity contribution in [2.24, 2.45) is 10.8 Å². The zero-order chi connectivity index (χ0) is 14.7. The van der Waals surface area contributed by atoms with E-state index in [0.29, 0.717) is 0 Å². The molecule has 0 amide bonds. The average Bonchev–Trinajstić information content (AvgIpc) is 3.01. The number of hydrazone groups is 1. The SMILES string of the molecule is NC(=S)NN=Cc1cc(-c2cn[nH]c2)nc2ccccc12. The van der Waals surface area contributed by atoms with Crippen molar-refractivity contribution in [2.45, 2.75) is 0 Å². The summed E-state index contributed by atoms with van der Waals surface area (Å²) in [5, 5.41) is 11.9. The molecule has 0 atom stereocenters. The predicted octanol–water partition coefficient (Wildman–Crippen LogP) is 1.79. The Balaban J connectivity index is 2.11. The van der Waals surface area contributed by atoms with E-state index in [1.165, 1.54) is 0 Å². The fourth-order valence-corrected chi connectivity index (χ4v) is 2.07. The fourth-order valence-electron chi connectivity index (χ4n) is 2.01. The molecule has 7 heteroatoms. The second kappa shape index (κ2) is 5.68.